The molecule has 6 heteroatoms. The Hall–Kier alpha value is -1.98. The molecular weight excluding hydrogens is 232 g/mol. The van der Waals surface area contributed by atoms with E-state index < -0.39 is 0 Å². The van der Waals surface area contributed by atoms with E-state index >= 15 is 0 Å². The molecule has 2 aromatic rings. The first-order valence-corrected chi connectivity index (χ1v) is 6.09. The summed E-state index contributed by atoms with van der Waals surface area (Å²) in [5.74, 6) is 0.939. The number of carbonyl (C=O) groups excluding carboxylic acids is 1. The van der Waals surface area contributed by atoms with E-state index in [0.29, 0.717) is 18.1 Å². The van der Waals surface area contributed by atoms with Crippen LogP contribution in [0.2, 0.25) is 0 Å². The van der Waals surface area contributed by atoms with E-state index in [1.807, 2.05) is 13.2 Å². The van der Waals surface area contributed by atoms with Gasteiger partial charge in [0.05, 0.1) is 17.7 Å². The Morgan fingerprint density at radius 2 is 2.33 bits per heavy atom. The molecular formula is C12H14N4O2. The molecule has 18 heavy (non-hydrogen) atoms. The third-order valence-electron chi connectivity index (χ3n) is 3.26. The zero-order valence-electron chi connectivity index (χ0n) is 10.2. The van der Waals surface area contributed by atoms with Gasteiger partial charge in [0.25, 0.3) is 0 Å². The van der Waals surface area contributed by atoms with Gasteiger partial charge < -0.3 is 4.52 Å². The van der Waals surface area contributed by atoms with Gasteiger partial charge in [-0.05, 0) is 12.8 Å². The number of hydrogen-bond donors (Lipinski definition) is 0. The average molecular weight is 246 g/mol. The van der Waals surface area contributed by atoms with Crippen molar-refractivity contribution in [3.63, 3.8) is 0 Å². The van der Waals surface area contributed by atoms with E-state index in [-0.39, 0.29) is 11.7 Å². The molecule has 94 valence electrons. The summed E-state index contributed by atoms with van der Waals surface area (Å²) in [7, 11) is 1.83. The van der Waals surface area contributed by atoms with E-state index in [0.717, 1.165) is 24.8 Å². The van der Waals surface area contributed by atoms with Gasteiger partial charge in [0, 0.05) is 19.7 Å². The lowest BCUT2D eigenvalue weighted by Gasteiger charge is -2.16. The Labute approximate surface area is 104 Å². The van der Waals surface area contributed by atoms with Crippen LogP contribution in [0.1, 0.15) is 37.5 Å². The molecule has 0 spiro atoms. The van der Waals surface area contributed by atoms with Crippen molar-refractivity contribution in [2.75, 3.05) is 0 Å². The molecule has 0 N–H and O–H groups in total. The standard InChI is InChI=1S/C12H14N4O2/c1-16-7-8(6-13-16)11-14-12(18-15-11)9-4-2-3-5-10(9)17/h6-7,9H,2-5H2,1H3. The number of ketones is 1. The molecule has 2 aromatic heterocycles. The minimum absolute atomic E-state index is 0.211. The van der Waals surface area contributed by atoms with Crippen molar-refractivity contribution >= 4 is 5.78 Å². The van der Waals surface area contributed by atoms with Crippen LogP contribution in [0.25, 0.3) is 11.4 Å². The third kappa shape index (κ3) is 1.94. The first-order chi connectivity index (χ1) is 8.74. The number of rotatable bonds is 2. The Morgan fingerprint density at radius 1 is 1.44 bits per heavy atom. The van der Waals surface area contributed by atoms with E-state index in [1.54, 1.807) is 10.9 Å². The maximum atomic E-state index is 11.8. The van der Waals surface area contributed by atoms with Crippen molar-refractivity contribution in [3.05, 3.63) is 18.3 Å². The van der Waals surface area contributed by atoms with E-state index in [4.69, 9.17) is 4.52 Å². The van der Waals surface area contributed by atoms with Crippen molar-refractivity contribution < 1.29 is 9.32 Å². The molecule has 0 amide bonds. The van der Waals surface area contributed by atoms with Gasteiger partial charge in [0.2, 0.25) is 11.7 Å². The van der Waals surface area contributed by atoms with Crippen LogP contribution in [-0.2, 0) is 11.8 Å². The number of nitrogens with zero attached hydrogens (tertiary/aromatic N) is 4. The third-order valence-corrected chi connectivity index (χ3v) is 3.26. The molecule has 0 radical (unpaired) electrons. The van der Waals surface area contributed by atoms with Gasteiger partial charge in [0.15, 0.2) is 0 Å². The summed E-state index contributed by atoms with van der Waals surface area (Å²) in [6.07, 6.45) is 6.94. The second kappa shape index (κ2) is 4.36. The predicted molar refractivity (Wildman–Crippen MR) is 62.7 cm³/mol. The lowest BCUT2D eigenvalue weighted by molar-refractivity contribution is -0.122. The van der Waals surface area contributed by atoms with E-state index in [9.17, 15) is 4.79 Å². The van der Waals surface area contributed by atoms with E-state index in [1.165, 1.54) is 0 Å². The number of Topliss-reactive ketones (excluding diaryl/α,β-unsaturated/α-hetero) is 1. The molecule has 2 heterocycles. The summed E-state index contributed by atoms with van der Waals surface area (Å²) >= 11 is 0. The fourth-order valence-electron chi connectivity index (χ4n) is 2.27. The van der Waals surface area contributed by atoms with Crippen molar-refractivity contribution in [3.8, 4) is 11.4 Å². The van der Waals surface area contributed by atoms with Gasteiger partial charge >= 0.3 is 0 Å². The zero-order valence-corrected chi connectivity index (χ0v) is 10.2. The highest BCUT2D eigenvalue weighted by Gasteiger charge is 2.29. The number of aromatic nitrogens is 4. The maximum absolute atomic E-state index is 11.8. The minimum Gasteiger partial charge on any atom is -0.338 e. The highest BCUT2D eigenvalue weighted by Crippen LogP contribution is 2.29. The second-order valence-corrected chi connectivity index (χ2v) is 4.62. The van der Waals surface area contributed by atoms with Gasteiger partial charge in [-0.25, -0.2) is 0 Å². The minimum atomic E-state index is -0.211. The number of aryl methyl sites for hydroxylation is 1. The van der Waals surface area contributed by atoms with Crippen LogP contribution in [0.5, 0.6) is 0 Å². The normalized spacial score (nSPS) is 20.3. The summed E-state index contributed by atoms with van der Waals surface area (Å²) < 4.78 is 6.90. The summed E-state index contributed by atoms with van der Waals surface area (Å²) in [4.78, 5) is 16.1. The number of carbonyl (C=O) groups is 1. The molecule has 1 unspecified atom stereocenters. The lowest BCUT2D eigenvalue weighted by atomic mass is 9.88. The molecule has 0 aromatic carbocycles. The van der Waals surface area contributed by atoms with Gasteiger partial charge in [-0.1, -0.05) is 11.6 Å². The molecule has 3 rings (SSSR count). The highest BCUT2D eigenvalue weighted by atomic mass is 16.5. The summed E-state index contributed by atoms with van der Waals surface area (Å²) in [5, 5.41) is 7.98. The summed E-state index contributed by atoms with van der Waals surface area (Å²) in [6, 6.07) is 0. The summed E-state index contributed by atoms with van der Waals surface area (Å²) in [6.45, 7) is 0. The molecule has 6 nitrogen and oxygen atoms in total. The maximum Gasteiger partial charge on any atom is 0.237 e. The van der Waals surface area contributed by atoms with Gasteiger partial charge in [-0.3, -0.25) is 9.48 Å². The first-order valence-electron chi connectivity index (χ1n) is 6.09. The van der Waals surface area contributed by atoms with Crippen LogP contribution >= 0.6 is 0 Å². The van der Waals surface area contributed by atoms with Crippen LogP contribution in [0, 0.1) is 0 Å². The first kappa shape index (κ1) is 11.1. The topological polar surface area (TPSA) is 73.8 Å². The van der Waals surface area contributed by atoms with Gasteiger partial charge in [-0.15, -0.1) is 0 Å². The fraction of sp³-hybridized carbons (Fsp3) is 0.500. The molecule has 1 aliphatic carbocycles. The molecule has 1 saturated carbocycles. The van der Waals surface area contributed by atoms with E-state index in [2.05, 4.69) is 15.2 Å². The van der Waals surface area contributed by atoms with Crippen LogP contribution in [-0.4, -0.2) is 25.7 Å². The largest absolute Gasteiger partial charge is 0.338 e. The van der Waals surface area contributed by atoms with Crippen molar-refractivity contribution in [2.45, 2.75) is 31.6 Å². The van der Waals surface area contributed by atoms with Crippen LogP contribution in [0.15, 0.2) is 16.9 Å². The second-order valence-electron chi connectivity index (χ2n) is 4.62. The molecule has 1 fully saturated rings. The van der Waals surface area contributed by atoms with Gasteiger partial charge in [-0.2, -0.15) is 10.1 Å². The van der Waals surface area contributed by atoms with Crippen LogP contribution < -0.4 is 0 Å². The molecule has 1 atom stereocenters. The predicted octanol–water partition coefficient (Wildman–Crippen LogP) is 1.70. The Balaban J connectivity index is 1.87. The van der Waals surface area contributed by atoms with Gasteiger partial charge in [0.1, 0.15) is 5.78 Å². The van der Waals surface area contributed by atoms with Crippen molar-refractivity contribution in [1.29, 1.82) is 0 Å². The number of hydrogen-bond acceptors (Lipinski definition) is 5. The SMILES string of the molecule is Cn1cc(-c2noc(C3CCCCC3=O)n2)cn1. The highest BCUT2D eigenvalue weighted by molar-refractivity contribution is 5.85. The van der Waals surface area contributed by atoms with Crippen LogP contribution in [0.3, 0.4) is 0 Å². The van der Waals surface area contributed by atoms with Crippen molar-refractivity contribution in [2.24, 2.45) is 7.05 Å². The Morgan fingerprint density at radius 3 is 3.06 bits per heavy atom. The summed E-state index contributed by atoms with van der Waals surface area (Å²) in [5.41, 5.74) is 0.802. The monoisotopic (exact) mass is 246 g/mol. The lowest BCUT2D eigenvalue weighted by Crippen LogP contribution is -2.17. The zero-order chi connectivity index (χ0) is 12.5. The fourth-order valence-corrected chi connectivity index (χ4v) is 2.27. The molecule has 1 aliphatic rings. The Bertz CT molecular complexity index is 572. The quantitative estimate of drug-likeness (QED) is 0.806. The smallest absolute Gasteiger partial charge is 0.237 e. The van der Waals surface area contributed by atoms with Crippen LogP contribution in [0.4, 0.5) is 0 Å². The average Bonchev–Trinajstić information content (AvgIpc) is 2.98. The molecule has 0 bridgehead atoms. The van der Waals surface area contributed by atoms with Crippen molar-refractivity contribution in [1.82, 2.24) is 19.9 Å². The molecule has 0 aliphatic heterocycles. The molecule has 0 saturated heterocycles. The Kier molecular flexibility index (Phi) is 2.70.